The molecule has 0 aliphatic heterocycles. The molecule has 2 nitrogen and oxygen atoms in total. The van der Waals surface area contributed by atoms with Gasteiger partial charge >= 0.3 is 5.97 Å². The number of allylic oxidation sites excluding steroid dienone is 1. The van der Waals surface area contributed by atoms with E-state index < -0.39 is 0 Å². The van der Waals surface area contributed by atoms with Crippen LogP contribution in [0.15, 0.2) is 24.3 Å². The number of carbonyl (C=O) groups excluding carboxylic acids is 1. The second kappa shape index (κ2) is 5.63. The lowest BCUT2D eigenvalue weighted by Gasteiger charge is -2.17. The predicted molar refractivity (Wildman–Crippen MR) is 56.9 cm³/mol. The Morgan fingerprint density at radius 1 is 1.36 bits per heavy atom. The van der Waals surface area contributed by atoms with E-state index in [1.54, 1.807) is 6.08 Å². The molecule has 1 rings (SSSR count). The number of hydrogen-bond acceptors (Lipinski definition) is 2. The summed E-state index contributed by atoms with van der Waals surface area (Å²) in [5.74, 6) is 0.294. The molecule has 0 saturated heterocycles. The highest BCUT2D eigenvalue weighted by Gasteiger charge is 2.10. The minimum absolute atomic E-state index is 0.336. The van der Waals surface area contributed by atoms with Crippen LogP contribution < -0.4 is 0 Å². The van der Waals surface area contributed by atoms with Crippen LogP contribution in [0.4, 0.5) is 0 Å². The zero-order valence-electron chi connectivity index (χ0n) is 8.79. The van der Waals surface area contributed by atoms with E-state index in [9.17, 15) is 4.79 Å². The van der Waals surface area contributed by atoms with Gasteiger partial charge in [0.25, 0.3) is 0 Å². The van der Waals surface area contributed by atoms with Crippen LogP contribution in [0.2, 0.25) is 0 Å². The van der Waals surface area contributed by atoms with Crippen molar-refractivity contribution < 1.29 is 9.53 Å². The van der Waals surface area contributed by atoms with Crippen molar-refractivity contribution in [2.75, 3.05) is 7.11 Å². The van der Waals surface area contributed by atoms with Gasteiger partial charge in [-0.05, 0) is 18.8 Å². The maximum atomic E-state index is 11.0. The van der Waals surface area contributed by atoms with Crippen LogP contribution in [0.3, 0.4) is 0 Å². The third kappa shape index (κ3) is 3.36. The Kier molecular flexibility index (Phi) is 4.44. The lowest BCUT2D eigenvalue weighted by molar-refractivity contribution is -0.135. The molecule has 1 fully saturated rings. The SMILES string of the molecule is C=C(/C=C/C1CCCCC1)C(=O)OC. The Labute approximate surface area is 85.6 Å². The Bertz CT molecular complexity index is 235. The first kappa shape index (κ1) is 11.0. The smallest absolute Gasteiger partial charge is 0.337 e. The minimum atomic E-state index is -0.336. The summed E-state index contributed by atoms with van der Waals surface area (Å²) in [6.07, 6.45) is 10.3. The van der Waals surface area contributed by atoms with E-state index in [0.29, 0.717) is 11.5 Å². The van der Waals surface area contributed by atoms with E-state index in [2.05, 4.69) is 17.4 Å². The zero-order valence-corrected chi connectivity index (χ0v) is 8.79. The monoisotopic (exact) mass is 194 g/mol. The molecule has 0 atom stereocenters. The highest BCUT2D eigenvalue weighted by molar-refractivity contribution is 5.90. The number of esters is 1. The number of hydrogen-bond donors (Lipinski definition) is 0. The zero-order chi connectivity index (χ0) is 10.4. The molecule has 0 unspecified atom stereocenters. The second-order valence-corrected chi connectivity index (χ2v) is 3.77. The van der Waals surface area contributed by atoms with Crippen molar-refractivity contribution in [2.45, 2.75) is 32.1 Å². The average Bonchev–Trinajstić information content (AvgIpc) is 2.26. The first-order chi connectivity index (χ1) is 6.74. The molecule has 0 aromatic heterocycles. The molecular weight excluding hydrogens is 176 g/mol. The van der Waals surface area contributed by atoms with Crippen molar-refractivity contribution in [3.63, 3.8) is 0 Å². The number of ether oxygens (including phenoxy) is 1. The molecule has 78 valence electrons. The second-order valence-electron chi connectivity index (χ2n) is 3.77. The number of carbonyl (C=O) groups is 1. The van der Waals surface area contributed by atoms with Crippen molar-refractivity contribution in [3.05, 3.63) is 24.3 Å². The van der Waals surface area contributed by atoms with E-state index in [0.717, 1.165) is 0 Å². The van der Waals surface area contributed by atoms with Gasteiger partial charge in [0.05, 0.1) is 12.7 Å². The molecule has 2 heteroatoms. The molecule has 0 aromatic rings. The van der Waals surface area contributed by atoms with Crippen LogP contribution in [-0.4, -0.2) is 13.1 Å². The molecule has 14 heavy (non-hydrogen) atoms. The summed E-state index contributed by atoms with van der Waals surface area (Å²) in [5.41, 5.74) is 0.443. The van der Waals surface area contributed by atoms with Gasteiger partial charge in [-0.1, -0.05) is 38.0 Å². The van der Waals surface area contributed by atoms with Crippen LogP contribution in [0, 0.1) is 5.92 Å². The number of rotatable bonds is 3. The van der Waals surface area contributed by atoms with Gasteiger partial charge in [0.2, 0.25) is 0 Å². The molecule has 0 N–H and O–H groups in total. The molecular formula is C12H18O2. The summed E-state index contributed by atoms with van der Waals surface area (Å²) in [6.45, 7) is 3.65. The summed E-state index contributed by atoms with van der Waals surface area (Å²) in [6, 6.07) is 0. The summed E-state index contributed by atoms with van der Waals surface area (Å²) in [7, 11) is 1.38. The minimum Gasteiger partial charge on any atom is -0.465 e. The van der Waals surface area contributed by atoms with Crippen LogP contribution in [-0.2, 0) is 9.53 Å². The fraction of sp³-hybridized carbons (Fsp3) is 0.583. The quantitative estimate of drug-likeness (QED) is 0.392. The first-order valence-corrected chi connectivity index (χ1v) is 5.19. The van der Waals surface area contributed by atoms with E-state index in [1.807, 2.05) is 0 Å². The van der Waals surface area contributed by atoms with E-state index in [1.165, 1.54) is 39.2 Å². The predicted octanol–water partition coefficient (Wildman–Crippen LogP) is 2.85. The molecule has 0 heterocycles. The lowest BCUT2D eigenvalue weighted by Crippen LogP contribution is -2.04. The third-order valence-corrected chi connectivity index (χ3v) is 2.67. The molecule has 0 radical (unpaired) electrons. The van der Waals surface area contributed by atoms with Gasteiger partial charge in [-0.2, -0.15) is 0 Å². The van der Waals surface area contributed by atoms with Gasteiger partial charge in [-0.15, -0.1) is 0 Å². The van der Waals surface area contributed by atoms with Crippen molar-refractivity contribution in [2.24, 2.45) is 5.92 Å². The van der Waals surface area contributed by atoms with Gasteiger partial charge in [0.15, 0.2) is 0 Å². The highest BCUT2D eigenvalue weighted by Crippen LogP contribution is 2.24. The summed E-state index contributed by atoms with van der Waals surface area (Å²) in [5, 5.41) is 0. The first-order valence-electron chi connectivity index (χ1n) is 5.19. The largest absolute Gasteiger partial charge is 0.465 e. The summed E-state index contributed by atoms with van der Waals surface area (Å²) >= 11 is 0. The van der Waals surface area contributed by atoms with Crippen molar-refractivity contribution in [3.8, 4) is 0 Å². The van der Waals surface area contributed by atoms with Gasteiger partial charge in [0, 0.05) is 0 Å². The normalized spacial score (nSPS) is 18.4. The van der Waals surface area contributed by atoms with Gasteiger partial charge in [-0.25, -0.2) is 4.79 Å². The molecule has 1 aliphatic rings. The Morgan fingerprint density at radius 3 is 2.57 bits per heavy atom. The topological polar surface area (TPSA) is 26.3 Å². The molecule has 1 aliphatic carbocycles. The molecule has 0 spiro atoms. The standard InChI is InChI=1S/C12H18O2/c1-10(12(13)14-2)8-9-11-6-4-3-5-7-11/h8-9,11H,1,3-7H2,2H3/b9-8+. The Hall–Kier alpha value is -1.05. The number of methoxy groups -OCH3 is 1. The van der Waals surface area contributed by atoms with Crippen LogP contribution in [0.1, 0.15) is 32.1 Å². The Balaban J connectivity index is 2.37. The molecule has 0 bridgehead atoms. The fourth-order valence-corrected chi connectivity index (χ4v) is 1.78. The molecule has 0 amide bonds. The Morgan fingerprint density at radius 2 is 2.00 bits per heavy atom. The van der Waals surface area contributed by atoms with Gasteiger partial charge in [0.1, 0.15) is 0 Å². The van der Waals surface area contributed by atoms with Gasteiger partial charge in [-0.3, -0.25) is 0 Å². The van der Waals surface area contributed by atoms with Crippen molar-refractivity contribution >= 4 is 5.97 Å². The van der Waals surface area contributed by atoms with E-state index in [-0.39, 0.29) is 5.97 Å². The summed E-state index contributed by atoms with van der Waals surface area (Å²) < 4.78 is 4.56. The van der Waals surface area contributed by atoms with Crippen molar-refractivity contribution in [1.29, 1.82) is 0 Å². The van der Waals surface area contributed by atoms with Crippen molar-refractivity contribution in [1.82, 2.24) is 0 Å². The third-order valence-electron chi connectivity index (χ3n) is 2.67. The molecule has 1 saturated carbocycles. The van der Waals surface area contributed by atoms with Gasteiger partial charge < -0.3 is 4.74 Å². The maximum absolute atomic E-state index is 11.0. The fourth-order valence-electron chi connectivity index (χ4n) is 1.78. The summed E-state index contributed by atoms with van der Waals surface area (Å²) in [4.78, 5) is 11.0. The average molecular weight is 194 g/mol. The van der Waals surface area contributed by atoms with Crippen LogP contribution in [0.5, 0.6) is 0 Å². The molecule has 0 aromatic carbocycles. The van der Waals surface area contributed by atoms with E-state index in [4.69, 9.17) is 0 Å². The van der Waals surface area contributed by atoms with E-state index >= 15 is 0 Å². The maximum Gasteiger partial charge on any atom is 0.337 e. The van der Waals surface area contributed by atoms with Crippen LogP contribution in [0.25, 0.3) is 0 Å². The highest BCUT2D eigenvalue weighted by atomic mass is 16.5. The van der Waals surface area contributed by atoms with Crippen LogP contribution >= 0.6 is 0 Å². The lowest BCUT2D eigenvalue weighted by atomic mass is 9.89.